The Kier molecular flexibility index (Phi) is 9.02. The third-order valence-electron chi connectivity index (χ3n) is 2.84. The van der Waals surface area contributed by atoms with E-state index in [1.807, 2.05) is 26.0 Å². The van der Waals surface area contributed by atoms with Crippen molar-refractivity contribution in [2.24, 2.45) is 5.10 Å². The van der Waals surface area contributed by atoms with Crippen molar-refractivity contribution in [2.75, 3.05) is 19.8 Å². The molecule has 0 bridgehead atoms. The van der Waals surface area contributed by atoms with E-state index in [0.717, 1.165) is 17.7 Å². The summed E-state index contributed by atoms with van der Waals surface area (Å²) >= 11 is 5.06. The van der Waals surface area contributed by atoms with Gasteiger partial charge < -0.3 is 14.8 Å². The van der Waals surface area contributed by atoms with E-state index < -0.39 is 0 Å². The Morgan fingerprint density at radius 3 is 2.83 bits per heavy atom. The van der Waals surface area contributed by atoms with E-state index in [2.05, 4.69) is 28.3 Å². The van der Waals surface area contributed by atoms with Gasteiger partial charge in [-0.1, -0.05) is 12.0 Å². The second kappa shape index (κ2) is 11.1. The second-order valence-electron chi connectivity index (χ2n) is 4.66. The molecule has 0 amide bonds. The van der Waals surface area contributed by atoms with E-state index in [1.165, 1.54) is 0 Å². The fraction of sp³-hybridized carbons (Fsp3) is 0.333. The number of hydrazone groups is 1. The van der Waals surface area contributed by atoms with Crippen molar-refractivity contribution in [1.82, 2.24) is 10.7 Å². The first-order valence-corrected chi connectivity index (χ1v) is 8.10. The van der Waals surface area contributed by atoms with Crippen LogP contribution in [0.4, 0.5) is 0 Å². The summed E-state index contributed by atoms with van der Waals surface area (Å²) in [7, 11) is 0. The number of ether oxygens (including phenoxy) is 2. The molecule has 0 atom stereocenters. The Bertz CT molecular complexity index is 636. The van der Waals surface area contributed by atoms with Gasteiger partial charge in [-0.15, -0.1) is 13.0 Å². The maximum absolute atomic E-state index is 5.68. The monoisotopic (exact) mass is 345 g/mol. The molecule has 6 heteroatoms. The lowest BCUT2D eigenvalue weighted by Crippen LogP contribution is -2.31. The molecule has 5 nitrogen and oxygen atoms in total. The quantitative estimate of drug-likeness (QED) is 0.237. The molecule has 2 N–H and O–H groups in total. The molecule has 0 unspecified atom stereocenters. The van der Waals surface area contributed by atoms with Gasteiger partial charge in [0, 0.05) is 12.1 Å². The zero-order valence-corrected chi connectivity index (χ0v) is 14.9. The summed E-state index contributed by atoms with van der Waals surface area (Å²) in [5.74, 6) is 3.74. The number of hydrogen-bond donors (Lipinski definition) is 2. The summed E-state index contributed by atoms with van der Waals surface area (Å²) in [6.45, 7) is 9.08. The minimum atomic E-state index is 0.177. The summed E-state index contributed by atoms with van der Waals surface area (Å²) in [5, 5.41) is 7.55. The van der Waals surface area contributed by atoms with Gasteiger partial charge in [0.15, 0.2) is 16.6 Å². The van der Waals surface area contributed by atoms with Crippen LogP contribution >= 0.6 is 12.2 Å². The lowest BCUT2D eigenvalue weighted by Gasteiger charge is -2.15. The van der Waals surface area contributed by atoms with E-state index in [-0.39, 0.29) is 6.61 Å². The molecule has 0 saturated carbocycles. The van der Waals surface area contributed by atoms with Crippen LogP contribution in [-0.4, -0.2) is 31.1 Å². The Morgan fingerprint density at radius 1 is 1.42 bits per heavy atom. The molecular weight excluding hydrogens is 322 g/mol. The van der Waals surface area contributed by atoms with Crippen LogP contribution in [0, 0.1) is 12.3 Å². The van der Waals surface area contributed by atoms with Gasteiger partial charge in [0.2, 0.25) is 0 Å². The topological polar surface area (TPSA) is 54.9 Å². The van der Waals surface area contributed by atoms with Crippen molar-refractivity contribution in [3.8, 4) is 23.8 Å². The van der Waals surface area contributed by atoms with Gasteiger partial charge in [-0.05, 0) is 50.2 Å². The number of hydrogen-bond acceptors (Lipinski definition) is 4. The van der Waals surface area contributed by atoms with E-state index in [1.54, 1.807) is 12.3 Å². The third kappa shape index (κ3) is 6.31. The lowest BCUT2D eigenvalue weighted by atomic mass is 10.1. The Balaban J connectivity index is 3.08. The Labute approximate surface area is 149 Å². The van der Waals surface area contributed by atoms with Crippen molar-refractivity contribution >= 4 is 23.5 Å². The fourth-order valence-electron chi connectivity index (χ4n) is 1.97. The average molecular weight is 345 g/mol. The van der Waals surface area contributed by atoms with E-state index in [4.69, 9.17) is 28.1 Å². The van der Waals surface area contributed by atoms with Gasteiger partial charge in [0.25, 0.3) is 0 Å². The van der Waals surface area contributed by atoms with Crippen molar-refractivity contribution in [1.29, 1.82) is 0 Å². The zero-order chi connectivity index (χ0) is 17.8. The lowest BCUT2D eigenvalue weighted by molar-refractivity contribution is 0.297. The molecule has 24 heavy (non-hydrogen) atoms. The number of thiocarbonyl (C=S) groups is 1. The normalized spacial score (nSPS) is 10.0. The highest BCUT2D eigenvalue weighted by atomic mass is 32.1. The molecule has 0 fully saturated rings. The Morgan fingerprint density at radius 2 is 2.21 bits per heavy atom. The van der Waals surface area contributed by atoms with Crippen LogP contribution in [0.15, 0.2) is 29.9 Å². The summed E-state index contributed by atoms with van der Waals surface area (Å²) in [6, 6.07) is 3.81. The van der Waals surface area contributed by atoms with Crippen molar-refractivity contribution in [3.63, 3.8) is 0 Å². The predicted octanol–water partition coefficient (Wildman–Crippen LogP) is 2.64. The van der Waals surface area contributed by atoms with E-state index in [0.29, 0.717) is 29.6 Å². The number of nitrogens with zero attached hydrogens (tertiary/aromatic N) is 1. The standard InChI is InChI=1S/C18H23N3O2S/c1-5-9-15-11-14(13-20-21-18(24)19-7-3)12-16(22-8-4)17(15)23-10-6-2/h2,5,11-13H,1,7-10H2,3-4H3,(H2,19,21,24)/b20-13-. The highest BCUT2D eigenvalue weighted by Gasteiger charge is 2.12. The van der Waals surface area contributed by atoms with E-state index >= 15 is 0 Å². The first-order chi connectivity index (χ1) is 11.7. The first kappa shape index (κ1) is 19.5. The third-order valence-corrected chi connectivity index (χ3v) is 3.07. The molecule has 1 aromatic rings. The van der Waals surface area contributed by atoms with Crippen LogP contribution in [0.2, 0.25) is 0 Å². The smallest absolute Gasteiger partial charge is 0.186 e. The van der Waals surface area contributed by atoms with Crippen LogP contribution < -0.4 is 20.2 Å². The summed E-state index contributed by atoms with van der Waals surface area (Å²) < 4.78 is 11.3. The maximum Gasteiger partial charge on any atom is 0.186 e. The van der Waals surface area contributed by atoms with Crippen molar-refractivity contribution in [2.45, 2.75) is 20.3 Å². The summed E-state index contributed by atoms with van der Waals surface area (Å²) in [5.41, 5.74) is 4.54. The molecule has 0 aliphatic carbocycles. The largest absolute Gasteiger partial charge is 0.490 e. The highest BCUT2D eigenvalue weighted by molar-refractivity contribution is 7.80. The van der Waals surface area contributed by atoms with Gasteiger partial charge in [-0.3, -0.25) is 5.43 Å². The molecule has 0 heterocycles. The molecule has 0 saturated heterocycles. The molecule has 0 radical (unpaired) electrons. The summed E-state index contributed by atoms with van der Waals surface area (Å²) in [6.07, 6.45) is 9.39. The average Bonchev–Trinajstić information content (AvgIpc) is 2.55. The minimum absolute atomic E-state index is 0.177. The van der Waals surface area contributed by atoms with Gasteiger partial charge in [-0.25, -0.2) is 0 Å². The molecule has 0 aliphatic rings. The fourth-order valence-corrected chi connectivity index (χ4v) is 2.17. The number of allylic oxidation sites excluding steroid dienone is 1. The molecule has 0 spiro atoms. The van der Waals surface area contributed by atoms with Crippen LogP contribution in [0.1, 0.15) is 25.0 Å². The van der Waals surface area contributed by atoms with Crippen LogP contribution in [-0.2, 0) is 6.42 Å². The minimum Gasteiger partial charge on any atom is -0.490 e. The van der Waals surface area contributed by atoms with Crippen LogP contribution in [0.3, 0.4) is 0 Å². The van der Waals surface area contributed by atoms with E-state index in [9.17, 15) is 0 Å². The van der Waals surface area contributed by atoms with Gasteiger partial charge in [0.1, 0.15) is 6.61 Å². The highest BCUT2D eigenvalue weighted by Crippen LogP contribution is 2.33. The van der Waals surface area contributed by atoms with Crippen molar-refractivity contribution in [3.05, 3.63) is 35.9 Å². The number of benzene rings is 1. The molecule has 0 aliphatic heterocycles. The van der Waals surface area contributed by atoms with Gasteiger partial charge in [-0.2, -0.15) is 5.10 Å². The van der Waals surface area contributed by atoms with Gasteiger partial charge in [0.05, 0.1) is 12.8 Å². The zero-order valence-electron chi connectivity index (χ0n) is 14.1. The molecular formula is C18H23N3O2S. The van der Waals surface area contributed by atoms with Crippen LogP contribution in [0.25, 0.3) is 0 Å². The molecule has 0 aromatic heterocycles. The number of terminal acetylenes is 1. The number of rotatable bonds is 9. The molecule has 128 valence electrons. The number of nitrogens with one attached hydrogen (secondary N) is 2. The predicted molar refractivity (Wildman–Crippen MR) is 103 cm³/mol. The Hall–Kier alpha value is -2.52. The van der Waals surface area contributed by atoms with Gasteiger partial charge >= 0.3 is 0 Å². The summed E-state index contributed by atoms with van der Waals surface area (Å²) in [4.78, 5) is 0. The first-order valence-electron chi connectivity index (χ1n) is 7.69. The molecule has 1 aromatic carbocycles. The van der Waals surface area contributed by atoms with Crippen molar-refractivity contribution < 1.29 is 9.47 Å². The van der Waals surface area contributed by atoms with Crippen LogP contribution in [0.5, 0.6) is 11.5 Å². The second-order valence-corrected chi connectivity index (χ2v) is 5.06. The SMILES string of the molecule is C#CCOc1c(CC=C)cc(/C=N\NC(=S)NCC)cc1OCC. The maximum atomic E-state index is 5.68. The molecule has 1 rings (SSSR count).